The number of aromatic nitrogens is 2. The van der Waals surface area contributed by atoms with Crippen LogP contribution in [0.4, 0.5) is 29.1 Å². The van der Waals surface area contributed by atoms with Gasteiger partial charge in [-0.1, -0.05) is 6.07 Å². The Hall–Kier alpha value is -2.18. The summed E-state index contributed by atoms with van der Waals surface area (Å²) in [6.45, 7) is 1.37. The summed E-state index contributed by atoms with van der Waals surface area (Å²) in [5, 5.41) is 2.59. The van der Waals surface area contributed by atoms with Crippen molar-refractivity contribution in [3.05, 3.63) is 47.7 Å². The molecule has 0 saturated carbocycles. The summed E-state index contributed by atoms with van der Waals surface area (Å²) in [4.78, 5) is 6.96. The minimum atomic E-state index is -4.43. The van der Waals surface area contributed by atoms with Gasteiger partial charge in [-0.3, -0.25) is 0 Å². The molecular formula is C12H9F4N3. The maximum atomic E-state index is 12.8. The molecule has 0 radical (unpaired) electrons. The summed E-state index contributed by atoms with van der Waals surface area (Å²) in [6.07, 6.45) is -3.45. The van der Waals surface area contributed by atoms with Gasteiger partial charge in [-0.25, -0.2) is 9.97 Å². The molecule has 3 nitrogen and oxygen atoms in total. The van der Waals surface area contributed by atoms with Crippen molar-refractivity contribution in [1.29, 1.82) is 0 Å². The number of hydrogen-bond donors (Lipinski definition) is 1. The number of alkyl halides is 3. The second-order valence-corrected chi connectivity index (χ2v) is 3.88. The van der Waals surface area contributed by atoms with Crippen molar-refractivity contribution in [2.75, 3.05) is 5.32 Å². The van der Waals surface area contributed by atoms with Crippen molar-refractivity contribution in [3.63, 3.8) is 0 Å². The zero-order valence-corrected chi connectivity index (χ0v) is 9.79. The molecule has 0 spiro atoms. The molecule has 0 aliphatic heterocycles. The largest absolute Gasteiger partial charge is 0.416 e. The van der Waals surface area contributed by atoms with Gasteiger partial charge in [0, 0.05) is 11.8 Å². The molecule has 0 atom stereocenters. The molecule has 0 fully saturated rings. The van der Waals surface area contributed by atoms with E-state index < -0.39 is 17.7 Å². The average molecular weight is 271 g/mol. The Morgan fingerprint density at radius 1 is 1.11 bits per heavy atom. The normalized spacial score (nSPS) is 11.4. The Morgan fingerprint density at radius 3 is 2.47 bits per heavy atom. The van der Waals surface area contributed by atoms with Gasteiger partial charge in [0.15, 0.2) is 0 Å². The maximum absolute atomic E-state index is 12.8. The number of aryl methyl sites for hydroxylation is 1. The van der Waals surface area contributed by atoms with Crippen LogP contribution in [0.3, 0.4) is 0 Å². The molecule has 0 aliphatic rings. The molecule has 1 aromatic carbocycles. The van der Waals surface area contributed by atoms with Gasteiger partial charge in [0.2, 0.25) is 5.95 Å². The summed E-state index contributed by atoms with van der Waals surface area (Å²) < 4.78 is 51.0. The third-order valence-corrected chi connectivity index (χ3v) is 2.45. The van der Waals surface area contributed by atoms with E-state index in [2.05, 4.69) is 15.3 Å². The van der Waals surface area contributed by atoms with Crippen LogP contribution in [-0.2, 0) is 6.18 Å². The number of anilines is 2. The standard InChI is InChI=1S/C12H9F4N3/c1-7-2-3-8(4-9(7)12(14,15)16)19-11-5-10(13)17-6-18-11/h2-6H,1H3,(H,17,18,19). The quantitative estimate of drug-likeness (QED) is 0.668. The van der Waals surface area contributed by atoms with Gasteiger partial charge >= 0.3 is 6.18 Å². The van der Waals surface area contributed by atoms with Crippen molar-refractivity contribution >= 4 is 11.5 Å². The first-order valence-electron chi connectivity index (χ1n) is 5.28. The number of nitrogens with zero attached hydrogens (tertiary/aromatic N) is 2. The predicted octanol–water partition coefficient (Wildman–Crippen LogP) is 3.69. The molecule has 0 saturated heterocycles. The highest BCUT2D eigenvalue weighted by Gasteiger charge is 2.32. The average Bonchev–Trinajstić information content (AvgIpc) is 2.30. The van der Waals surface area contributed by atoms with Crippen LogP contribution in [0, 0.1) is 12.9 Å². The molecule has 1 N–H and O–H groups in total. The fraction of sp³-hybridized carbons (Fsp3) is 0.167. The first kappa shape index (κ1) is 13.3. The van der Waals surface area contributed by atoms with E-state index in [1.165, 1.54) is 19.1 Å². The Balaban J connectivity index is 2.32. The fourth-order valence-electron chi connectivity index (χ4n) is 1.55. The second kappa shape index (κ2) is 4.83. The van der Waals surface area contributed by atoms with Gasteiger partial charge in [0.1, 0.15) is 12.1 Å². The summed E-state index contributed by atoms with van der Waals surface area (Å²) >= 11 is 0. The highest BCUT2D eigenvalue weighted by Crippen LogP contribution is 2.33. The number of halogens is 4. The third-order valence-electron chi connectivity index (χ3n) is 2.45. The molecule has 0 bridgehead atoms. The Labute approximate surface area is 106 Å². The van der Waals surface area contributed by atoms with Crippen LogP contribution < -0.4 is 5.32 Å². The number of benzene rings is 1. The van der Waals surface area contributed by atoms with Crippen LogP contribution in [0.25, 0.3) is 0 Å². The number of hydrogen-bond acceptors (Lipinski definition) is 3. The van der Waals surface area contributed by atoms with Crippen LogP contribution in [0.1, 0.15) is 11.1 Å². The summed E-state index contributed by atoms with van der Waals surface area (Å²) in [5.74, 6) is -0.676. The molecule has 1 heterocycles. The molecule has 2 aromatic rings. The molecule has 0 aliphatic carbocycles. The minimum Gasteiger partial charge on any atom is -0.340 e. The fourth-order valence-corrected chi connectivity index (χ4v) is 1.55. The van der Waals surface area contributed by atoms with Crippen molar-refractivity contribution in [1.82, 2.24) is 9.97 Å². The lowest BCUT2D eigenvalue weighted by Crippen LogP contribution is -2.08. The summed E-state index contributed by atoms with van der Waals surface area (Å²) in [7, 11) is 0. The predicted molar refractivity (Wildman–Crippen MR) is 61.5 cm³/mol. The van der Waals surface area contributed by atoms with E-state index in [1.807, 2.05) is 0 Å². The lowest BCUT2D eigenvalue weighted by Gasteiger charge is -2.12. The Bertz CT molecular complexity index is 596. The van der Waals surface area contributed by atoms with Crippen molar-refractivity contribution < 1.29 is 17.6 Å². The van der Waals surface area contributed by atoms with Gasteiger partial charge in [-0.2, -0.15) is 17.6 Å². The molecular weight excluding hydrogens is 262 g/mol. The molecule has 7 heteroatoms. The van der Waals surface area contributed by atoms with Gasteiger partial charge in [-0.05, 0) is 24.6 Å². The molecule has 0 unspecified atom stereocenters. The summed E-state index contributed by atoms with van der Waals surface area (Å²) in [6, 6.07) is 4.75. The SMILES string of the molecule is Cc1ccc(Nc2cc(F)ncn2)cc1C(F)(F)F. The van der Waals surface area contributed by atoms with E-state index in [0.717, 1.165) is 18.5 Å². The Morgan fingerprint density at radius 2 is 1.84 bits per heavy atom. The zero-order chi connectivity index (χ0) is 14.0. The smallest absolute Gasteiger partial charge is 0.340 e. The third kappa shape index (κ3) is 3.18. The molecule has 100 valence electrons. The lowest BCUT2D eigenvalue weighted by molar-refractivity contribution is -0.138. The lowest BCUT2D eigenvalue weighted by atomic mass is 10.1. The van der Waals surface area contributed by atoms with Crippen molar-refractivity contribution in [2.24, 2.45) is 0 Å². The highest BCUT2D eigenvalue weighted by atomic mass is 19.4. The van der Waals surface area contributed by atoms with Gasteiger partial charge in [0.25, 0.3) is 0 Å². The van der Waals surface area contributed by atoms with Crippen LogP contribution in [0.5, 0.6) is 0 Å². The maximum Gasteiger partial charge on any atom is 0.416 e. The molecule has 19 heavy (non-hydrogen) atoms. The van der Waals surface area contributed by atoms with E-state index in [9.17, 15) is 17.6 Å². The van der Waals surface area contributed by atoms with E-state index in [4.69, 9.17) is 0 Å². The Kier molecular flexibility index (Phi) is 3.37. The van der Waals surface area contributed by atoms with E-state index in [0.29, 0.717) is 0 Å². The monoisotopic (exact) mass is 271 g/mol. The van der Waals surface area contributed by atoms with Crippen LogP contribution in [-0.4, -0.2) is 9.97 Å². The van der Waals surface area contributed by atoms with Crippen LogP contribution >= 0.6 is 0 Å². The highest BCUT2D eigenvalue weighted by molar-refractivity contribution is 5.58. The van der Waals surface area contributed by atoms with Gasteiger partial charge < -0.3 is 5.32 Å². The number of nitrogens with one attached hydrogen (secondary N) is 1. The van der Waals surface area contributed by atoms with Crippen LogP contribution in [0.2, 0.25) is 0 Å². The first-order chi connectivity index (χ1) is 8.86. The molecule has 2 rings (SSSR count). The van der Waals surface area contributed by atoms with Crippen molar-refractivity contribution in [2.45, 2.75) is 13.1 Å². The molecule has 1 aromatic heterocycles. The van der Waals surface area contributed by atoms with E-state index in [-0.39, 0.29) is 17.1 Å². The number of rotatable bonds is 2. The van der Waals surface area contributed by atoms with Crippen LogP contribution in [0.15, 0.2) is 30.6 Å². The first-order valence-corrected chi connectivity index (χ1v) is 5.28. The summed E-state index contributed by atoms with van der Waals surface area (Å²) in [5.41, 5.74) is -0.449. The topological polar surface area (TPSA) is 37.8 Å². The zero-order valence-electron chi connectivity index (χ0n) is 9.79. The van der Waals surface area contributed by atoms with Gasteiger partial charge in [-0.15, -0.1) is 0 Å². The minimum absolute atomic E-state index is 0.0875. The van der Waals surface area contributed by atoms with Crippen molar-refractivity contribution in [3.8, 4) is 0 Å². The van der Waals surface area contributed by atoms with E-state index in [1.54, 1.807) is 0 Å². The molecule has 0 amide bonds. The van der Waals surface area contributed by atoms with E-state index >= 15 is 0 Å². The second-order valence-electron chi connectivity index (χ2n) is 3.88. The van der Waals surface area contributed by atoms with Gasteiger partial charge in [0.05, 0.1) is 5.56 Å².